The van der Waals surface area contributed by atoms with E-state index in [-0.39, 0.29) is 34.4 Å². The Morgan fingerprint density at radius 2 is 1.92 bits per heavy atom. The molecule has 0 saturated carbocycles. The van der Waals surface area contributed by atoms with Gasteiger partial charge < -0.3 is 9.84 Å². The molecule has 1 N–H and O–H groups in total. The molecule has 5 heteroatoms. The molecule has 1 aromatic carbocycles. The van der Waals surface area contributed by atoms with E-state index < -0.39 is 0 Å². The fourth-order valence-corrected chi connectivity index (χ4v) is 2.60. The van der Waals surface area contributed by atoms with Crippen molar-refractivity contribution in [2.24, 2.45) is 16.3 Å². The van der Waals surface area contributed by atoms with Gasteiger partial charge in [-0.15, -0.1) is 0 Å². The first-order chi connectivity index (χ1) is 11.7. The van der Waals surface area contributed by atoms with Gasteiger partial charge in [0.15, 0.2) is 5.78 Å². The molecule has 0 heterocycles. The van der Waals surface area contributed by atoms with Crippen LogP contribution in [-0.2, 0) is 9.53 Å². The number of nitrogens with zero attached hydrogens (tertiary/aromatic N) is 1. The Morgan fingerprint density at radius 3 is 2.48 bits per heavy atom. The molecule has 1 aromatic rings. The Bertz CT molecular complexity index is 712. The SMILES string of the molecule is CC(C)COC(=O)c1ccc(N=CC2=C(O)CC(C)(C)CC2=O)cc1. The van der Waals surface area contributed by atoms with Crippen LogP contribution in [0.5, 0.6) is 0 Å². The maximum Gasteiger partial charge on any atom is 0.338 e. The first kappa shape index (κ1) is 18.9. The highest BCUT2D eigenvalue weighted by Gasteiger charge is 2.32. The highest BCUT2D eigenvalue weighted by Crippen LogP contribution is 2.35. The summed E-state index contributed by atoms with van der Waals surface area (Å²) in [6, 6.07) is 6.62. The number of benzene rings is 1. The number of rotatable bonds is 5. The van der Waals surface area contributed by atoms with Gasteiger partial charge in [0, 0.05) is 19.1 Å². The van der Waals surface area contributed by atoms with Gasteiger partial charge in [-0.2, -0.15) is 0 Å². The summed E-state index contributed by atoms with van der Waals surface area (Å²) in [6.07, 6.45) is 2.25. The molecule has 0 radical (unpaired) electrons. The van der Waals surface area contributed by atoms with Crippen molar-refractivity contribution in [1.82, 2.24) is 0 Å². The Morgan fingerprint density at radius 1 is 1.28 bits per heavy atom. The number of aliphatic hydroxyl groups is 1. The molecule has 0 aromatic heterocycles. The van der Waals surface area contributed by atoms with Gasteiger partial charge in [-0.3, -0.25) is 9.79 Å². The summed E-state index contributed by atoms with van der Waals surface area (Å²) >= 11 is 0. The Labute approximate surface area is 148 Å². The lowest BCUT2D eigenvalue weighted by atomic mass is 9.77. The van der Waals surface area contributed by atoms with Crippen molar-refractivity contribution in [2.75, 3.05) is 6.61 Å². The summed E-state index contributed by atoms with van der Waals surface area (Å²) in [7, 11) is 0. The topological polar surface area (TPSA) is 76.0 Å². The molecule has 134 valence electrons. The predicted molar refractivity (Wildman–Crippen MR) is 97.4 cm³/mol. The number of allylic oxidation sites excluding steroid dienone is 2. The third-order valence-corrected chi connectivity index (χ3v) is 3.89. The fraction of sp³-hybridized carbons (Fsp3) is 0.450. The van der Waals surface area contributed by atoms with Crippen LogP contribution in [0.4, 0.5) is 5.69 Å². The summed E-state index contributed by atoms with van der Waals surface area (Å²) in [5, 5.41) is 10.1. The van der Waals surface area contributed by atoms with Gasteiger partial charge in [0.2, 0.25) is 0 Å². The number of carbonyl (C=O) groups is 2. The molecular formula is C20H25NO4. The predicted octanol–water partition coefficient (Wildman–Crippen LogP) is 4.40. The summed E-state index contributed by atoms with van der Waals surface area (Å²) in [6.45, 7) is 8.23. The van der Waals surface area contributed by atoms with Crippen molar-refractivity contribution in [3.63, 3.8) is 0 Å². The molecule has 0 aliphatic heterocycles. The van der Waals surface area contributed by atoms with Crippen LogP contribution in [0.25, 0.3) is 0 Å². The monoisotopic (exact) mass is 343 g/mol. The van der Waals surface area contributed by atoms with E-state index in [2.05, 4.69) is 4.99 Å². The normalized spacial score (nSPS) is 17.4. The number of hydrogen-bond acceptors (Lipinski definition) is 5. The Kier molecular flexibility index (Phi) is 5.77. The van der Waals surface area contributed by atoms with Crippen molar-refractivity contribution in [3.05, 3.63) is 41.2 Å². The average molecular weight is 343 g/mol. The van der Waals surface area contributed by atoms with Crippen molar-refractivity contribution < 1.29 is 19.4 Å². The molecule has 0 saturated heterocycles. The zero-order valence-corrected chi connectivity index (χ0v) is 15.2. The van der Waals surface area contributed by atoms with E-state index in [0.717, 1.165) is 0 Å². The van der Waals surface area contributed by atoms with Gasteiger partial charge >= 0.3 is 5.97 Å². The highest BCUT2D eigenvalue weighted by molar-refractivity contribution is 6.14. The fourth-order valence-electron chi connectivity index (χ4n) is 2.60. The van der Waals surface area contributed by atoms with Crippen LogP contribution < -0.4 is 0 Å². The summed E-state index contributed by atoms with van der Waals surface area (Å²) in [4.78, 5) is 28.2. The molecule has 5 nitrogen and oxygen atoms in total. The van der Waals surface area contributed by atoms with E-state index in [1.54, 1.807) is 24.3 Å². The summed E-state index contributed by atoms with van der Waals surface area (Å²) < 4.78 is 5.17. The molecule has 0 bridgehead atoms. The largest absolute Gasteiger partial charge is 0.511 e. The van der Waals surface area contributed by atoms with Gasteiger partial charge in [0.05, 0.1) is 23.4 Å². The van der Waals surface area contributed by atoms with Gasteiger partial charge in [-0.05, 0) is 35.6 Å². The number of aliphatic hydroxyl groups excluding tert-OH is 1. The smallest absolute Gasteiger partial charge is 0.338 e. The number of ether oxygens (including phenoxy) is 1. The first-order valence-corrected chi connectivity index (χ1v) is 8.44. The van der Waals surface area contributed by atoms with Crippen LogP contribution in [0, 0.1) is 11.3 Å². The van der Waals surface area contributed by atoms with Crippen molar-refractivity contribution in [2.45, 2.75) is 40.5 Å². The molecule has 0 amide bonds. The molecule has 2 rings (SSSR count). The lowest BCUT2D eigenvalue weighted by Crippen LogP contribution is -2.26. The van der Waals surface area contributed by atoms with Crippen LogP contribution in [-0.4, -0.2) is 29.7 Å². The average Bonchev–Trinajstić information content (AvgIpc) is 2.51. The maximum absolute atomic E-state index is 12.1. The van der Waals surface area contributed by atoms with Gasteiger partial charge in [-0.25, -0.2) is 4.79 Å². The number of carbonyl (C=O) groups excluding carboxylic acids is 2. The van der Waals surface area contributed by atoms with Gasteiger partial charge in [0.25, 0.3) is 0 Å². The molecule has 0 spiro atoms. The van der Waals surface area contributed by atoms with E-state index in [4.69, 9.17) is 4.74 Å². The third kappa shape index (κ3) is 5.28. The Balaban J connectivity index is 2.07. The van der Waals surface area contributed by atoms with Gasteiger partial charge in [-0.1, -0.05) is 27.7 Å². The molecule has 0 fully saturated rings. The number of hydrogen-bond donors (Lipinski definition) is 1. The minimum atomic E-state index is -0.366. The van der Waals surface area contributed by atoms with Gasteiger partial charge in [0.1, 0.15) is 5.76 Å². The minimum Gasteiger partial charge on any atom is -0.511 e. The molecule has 1 aliphatic carbocycles. The van der Waals surface area contributed by atoms with Crippen LogP contribution in [0.15, 0.2) is 40.6 Å². The minimum absolute atomic E-state index is 0.0823. The molecule has 0 atom stereocenters. The van der Waals surface area contributed by atoms with E-state index in [9.17, 15) is 14.7 Å². The zero-order chi connectivity index (χ0) is 18.6. The number of Topliss-reactive ketones (excluding diaryl/α,β-unsaturated/α-hetero) is 1. The Hall–Kier alpha value is -2.43. The van der Waals surface area contributed by atoms with Crippen LogP contribution in [0.1, 0.15) is 50.9 Å². The summed E-state index contributed by atoms with van der Waals surface area (Å²) in [5.41, 5.74) is 1.09. The second kappa shape index (κ2) is 7.64. The van der Waals surface area contributed by atoms with E-state index in [1.165, 1.54) is 6.21 Å². The second-order valence-corrected chi connectivity index (χ2v) is 7.60. The first-order valence-electron chi connectivity index (χ1n) is 8.44. The molecule has 0 unspecified atom stereocenters. The molecule has 25 heavy (non-hydrogen) atoms. The standard InChI is InChI=1S/C20H25NO4/c1-13(2)12-25-19(24)14-5-7-15(8-6-14)21-11-16-17(22)9-20(3,4)10-18(16)23/h5-8,11,13,22H,9-10,12H2,1-4H3. The van der Waals surface area contributed by atoms with Crippen molar-refractivity contribution in [1.29, 1.82) is 0 Å². The van der Waals surface area contributed by atoms with Crippen LogP contribution in [0.2, 0.25) is 0 Å². The molecule has 1 aliphatic rings. The summed E-state index contributed by atoms with van der Waals surface area (Å²) in [5.74, 6) is -0.105. The number of esters is 1. The zero-order valence-electron chi connectivity index (χ0n) is 15.2. The molecular weight excluding hydrogens is 318 g/mol. The van der Waals surface area contributed by atoms with E-state index in [0.29, 0.717) is 30.7 Å². The number of ketones is 1. The van der Waals surface area contributed by atoms with Crippen molar-refractivity contribution in [3.8, 4) is 0 Å². The van der Waals surface area contributed by atoms with E-state index >= 15 is 0 Å². The number of aliphatic imine (C=N–C) groups is 1. The maximum atomic E-state index is 12.1. The third-order valence-electron chi connectivity index (χ3n) is 3.89. The van der Waals surface area contributed by atoms with Crippen molar-refractivity contribution >= 4 is 23.7 Å². The van der Waals surface area contributed by atoms with E-state index in [1.807, 2.05) is 27.7 Å². The highest BCUT2D eigenvalue weighted by atomic mass is 16.5. The van der Waals surface area contributed by atoms with Crippen LogP contribution in [0.3, 0.4) is 0 Å². The second-order valence-electron chi connectivity index (χ2n) is 7.60. The lowest BCUT2D eigenvalue weighted by molar-refractivity contribution is -0.117. The lowest BCUT2D eigenvalue weighted by Gasteiger charge is -2.28. The van der Waals surface area contributed by atoms with Crippen LogP contribution >= 0.6 is 0 Å². The quantitative estimate of drug-likeness (QED) is 0.635.